The van der Waals surface area contributed by atoms with Gasteiger partial charge in [-0.1, -0.05) is 6.92 Å². The van der Waals surface area contributed by atoms with Crippen molar-refractivity contribution < 1.29 is 0 Å². The number of thiazole rings is 1. The van der Waals surface area contributed by atoms with Crippen molar-refractivity contribution in [1.29, 1.82) is 0 Å². The number of rotatable bonds is 4. The van der Waals surface area contributed by atoms with Crippen molar-refractivity contribution in [2.45, 2.75) is 25.9 Å². The van der Waals surface area contributed by atoms with Crippen molar-refractivity contribution in [2.75, 3.05) is 0 Å². The molecule has 0 aromatic carbocycles. The Balaban J connectivity index is 2.15. The van der Waals surface area contributed by atoms with Crippen LogP contribution in [0.1, 0.15) is 29.8 Å². The van der Waals surface area contributed by atoms with E-state index in [0.717, 1.165) is 23.4 Å². The van der Waals surface area contributed by atoms with Gasteiger partial charge in [-0.2, -0.15) is 5.10 Å². The van der Waals surface area contributed by atoms with Crippen molar-refractivity contribution in [3.05, 3.63) is 34.5 Å². The SMILES string of the molecule is CCCn1cc(C(N)c2cncs2)cn1. The van der Waals surface area contributed by atoms with Crippen molar-refractivity contribution in [2.24, 2.45) is 5.73 Å². The fourth-order valence-electron chi connectivity index (χ4n) is 1.44. The second-order valence-electron chi connectivity index (χ2n) is 3.42. The highest BCUT2D eigenvalue weighted by Gasteiger charge is 2.12. The zero-order valence-corrected chi connectivity index (χ0v) is 9.44. The maximum absolute atomic E-state index is 6.09. The molecule has 0 radical (unpaired) electrons. The predicted molar refractivity (Wildman–Crippen MR) is 60.7 cm³/mol. The summed E-state index contributed by atoms with van der Waals surface area (Å²) in [4.78, 5) is 5.10. The van der Waals surface area contributed by atoms with Crippen molar-refractivity contribution in [3.8, 4) is 0 Å². The number of aromatic nitrogens is 3. The van der Waals surface area contributed by atoms with E-state index in [1.807, 2.05) is 23.3 Å². The summed E-state index contributed by atoms with van der Waals surface area (Å²) in [7, 11) is 0. The molecule has 1 atom stereocenters. The maximum atomic E-state index is 6.09. The summed E-state index contributed by atoms with van der Waals surface area (Å²) in [5.74, 6) is 0. The Hall–Kier alpha value is -1.20. The first kappa shape index (κ1) is 10.3. The van der Waals surface area contributed by atoms with Gasteiger partial charge in [-0.05, 0) is 6.42 Å². The average Bonchev–Trinajstić information content (AvgIpc) is 2.87. The lowest BCUT2D eigenvalue weighted by Crippen LogP contribution is -2.09. The molecule has 2 N–H and O–H groups in total. The van der Waals surface area contributed by atoms with Crippen LogP contribution in [-0.2, 0) is 6.54 Å². The van der Waals surface area contributed by atoms with Gasteiger partial charge in [-0.3, -0.25) is 9.67 Å². The minimum absolute atomic E-state index is 0.0943. The molecule has 2 aromatic rings. The topological polar surface area (TPSA) is 56.7 Å². The zero-order chi connectivity index (χ0) is 10.7. The van der Waals surface area contributed by atoms with E-state index in [2.05, 4.69) is 17.0 Å². The molecule has 2 aromatic heterocycles. The zero-order valence-electron chi connectivity index (χ0n) is 8.63. The van der Waals surface area contributed by atoms with E-state index in [0.29, 0.717) is 0 Å². The van der Waals surface area contributed by atoms with Crippen molar-refractivity contribution in [1.82, 2.24) is 14.8 Å². The van der Waals surface area contributed by atoms with Crippen LogP contribution in [0.25, 0.3) is 0 Å². The Morgan fingerprint density at radius 1 is 1.53 bits per heavy atom. The fourth-order valence-corrected chi connectivity index (χ4v) is 2.08. The van der Waals surface area contributed by atoms with Gasteiger partial charge in [0.05, 0.1) is 17.7 Å². The third kappa shape index (κ3) is 2.24. The monoisotopic (exact) mass is 222 g/mol. The number of hydrogen-bond acceptors (Lipinski definition) is 4. The first-order valence-electron chi connectivity index (χ1n) is 4.97. The molecule has 0 fully saturated rings. The first-order chi connectivity index (χ1) is 7.31. The number of aryl methyl sites for hydroxylation is 1. The highest BCUT2D eigenvalue weighted by Crippen LogP contribution is 2.21. The summed E-state index contributed by atoms with van der Waals surface area (Å²) in [5, 5.41) is 4.26. The maximum Gasteiger partial charge on any atom is 0.0794 e. The normalized spacial score (nSPS) is 12.9. The van der Waals surface area contributed by atoms with Crippen LogP contribution in [0.2, 0.25) is 0 Å². The molecular weight excluding hydrogens is 208 g/mol. The minimum atomic E-state index is -0.0943. The second-order valence-corrected chi connectivity index (χ2v) is 4.34. The molecule has 0 aliphatic heterocycles. The van der Waals surface area contributed by atoms with Gasteiger partial charge in [0, 0.05) is 29.4 Å². The summed E-state index contributed by atoms with van der Waals surface area (Å²) < 4.78 is 1.93. The van der Waals surface area contributed by atoms with E-state index in [9.17, 15) is 0 Å². The number of hydrogen-bond donors (Lipinski definition) is 1. The lowest BCUT2D eigenvalue weighted by Gasteiger charge is -2.04. The molecule has 15 heavy (non-hydrogen) atoms. The van der Waals surface area contributed by atoms with Gasteiger partial charge >= 0.3 is 0 Å². The van der Waals surface area contributed by atoms with Gasteiger partial charge in [0.25, 0.3) is 0 Å². The molecule has 1 unspecified atom stereocenters. The van der Waals surface area contributed by atoms with Crippen LogP contribution in [0, 0.1) is 0 Å². The molecule has 0 saturated heterocycles. The Morgan fingerprint density at radius 3 is 3.07 bits per heavy atom. The highest BCUT2D eigenvalue weighted by atomic mass is 32.1. The average molecular weight is 222 g/mol. The van der Waals surface area contributed by atoms with Gasteiger partial charge in [0.1, 0.15) is 0 Å². The van der Waals surface area contributed by atoms with E-state index in [-0.39, 0.29) is 6.04 Å². The first-order valence-corrected chi connectivity index (χ1v) is 5.85. The lowest BCUT2D eigenvalue weighted by atomic mass is 10.1. The Bertz CT molecular complexity index is 407. The molecule has 0 aliphatic rings. The van der Waals surface area contributed by atoms with E-state index in [1.165, 1.54) is 0 Å². The number of nitrogens with two attached hydrogens (primary N) is 1. The molecule has 0 bridgehead atoms. The number of nitrogens with zero attached hydrogens (tertiary/aromatic N) is 3. The smallest absolute Gasteiger partial charge is 0.0794 e. The minimum Gasteiger partial charge on any atom is -0.319 e. The van der Waals surface area contributed by atoms with Crippen molar-refractivity contribution in [3.63, 3.8) is 0 Å². The van der Waals surface area contributed by atoms with E-state index < -0.39 is 0 Å². The molecule has 5 heteroatoms. The molecule has 4 nitrogen and oxygen atoms in total. The van der Waals surface area contributed by atoms with Crippen LogP contribution in [-0.4, -0.2) is 14.8 Å². The Kier molecular flexibility index (Phi) is 3.13. The van der Waals surface area contributed by atoms with Crippen LogP contribution in [0.4, 0.5) is 0 Å². The quantitative estimate of drug-likeness (QED) is 0.858. The van der Waals surface area contributed by atoms with Gasteiger partial charge < -0.3 is 5.73 Å². The molecule has 0 aliphatic carbocycles. The summed E-state index contributed by atoms with van der Waals surface area (Å²) in [6, 6.07) is -0.0943. The molecule has 2 heterocycles. The van der Waals surface area contributed by atoms with Crippen LogP contribution in [0.15, 0.2) is 24.1 Å². The second kappa shape index (κ2) is 4.55. The highest BCUT2D eigenvalue weighted by molar-refractivity contribution is 7.09. The van der Waals surface area contributed by atoms with Crippen molar-refractivity contribution >= 4 is 11.3 Å². The van der Waals surface area contributed by atoms with E-state index >= 15 is 0 Å². The molecule has 80 valence electrons. The predicted octanol–water partition coefficient (Wildman–Crippen LogP) is 1.80. The Morgan fingerprint density at radius 2 is 2.40 bits per heavy atom. The summed E-state index contributed by atoms with van der Waals surface area (Å²) >= 11 is 1.58. The molecular formula is C10H14N4S. The summed E-state index contributed by atoms with van der Waals surface area (Å²) in [5.41, 5.74) is 8.93. The molecule has 2 rings (SSSR count). The molecule has 0 spiro atoms. The van der Waals surface area contributed by atoms with Crippen LogP contribution in [0.3, 0.4) is 0 Å². The van der Waals surface area contributed by atoms with Crippen LogP contribution >= 0.6 is 11.3 Å². The standard InChI is InChI=1S/C10H14N4S/c1-2-3-14-6-8(4-13-14)10(11)9-5-12-7-15-9/h4-7,10H,2-3,11H2,1H3. The summed E-state index contributed by atoms with van der Waals surface area (Å²) in [6.45, 7) is 3.07. The fraction of sp³-hybridized carbons (Fsp3) is 0.400. The molecule has 0 amide bonds. The van der Waals surface area contributed by atoms with Gasteiger partial charge in [0.15, 0.2) is 0 Å². The van der Waals surface area contributed by atoms with Gasteiger partial charge in [0.2, 0.25) is 0 Å². The van der Waals surface area contributed by atoms with E-state index in [1.54, 1.807) is 16.8 Å². The third-order valence-electron chi connectivity index (χ3n) is 2.22. The molecule has 0 saturated carbocycles. The third-order valence-corrected chi connectivity index (χ3v) is 3.08. The largest absolute Gasteiger partial charge is 0.319 e. The van der Waals surface area contributed by atoms with Crippen LogP contribution in [0.5, 0.6) is 0 Å². The van der Waals surface area contributed by atoms with Gasteiger partial charge in [-0.15, -0.1) is 11.3 Å². The Labute approximate surface area is 92.8 Å². The van der Waals surface area contributed by atoms with Crippen LogP contribution < -0.4 is 5.73 Å². The summed E-state index contributed by atoms with van der Waals surface area (Å²) in [6.07, 6.45) is 6.73. The van der Waals surface area contributed by atoms with Gasteiger partial charge in [-0.25, -0.2) is 0 Å². The lowest BCUT2D eigenvalue weighted by molar-refractivity contribution is 0.602. The van der Waals surface area contributed by atoms with E-state index in [4.69, 9.17) is 5.73 Å².